The summed E-state index contributed by atoms with van der Waals surface area (Å²) in [6.45, 7) is 0.977. The molecule has 4 heterocycles. The summed E-state index contributed by atoms with van der Waals surface area (Å²) in [5.41, 5.74) is -0.992. The van der Waals surface area contributed by atoms with E-state index >= 15 is 0 Å². The van der Waals surface area contributed by atoms with E-state index in [4.69, 9.17) is 0 Å². The number of imidazole rings is 1. The summed E-state index contributed by atoms with van der Waals surface area (Å²) in [5.74, 6) is 0.789. The van der Waals surface area contributed by atoms with E-state index in [1.165, 1.54) is 10.8 Å². The van der Waals surface area contributed by atoms with E-state index < -0.39 is 18.0 Å². The summed E-state index contributed by atoms with van der Waals surface area (Å²) in [6, 6.07) is 0.997. The van der Waals surface area contributed by atoms with E-state index in [1.807, 2.05) is 11.9 Å². The molecule has 0 saturated carbocycles. The van der Waals surface area contributed by atoms with Gasteiger partial charge in [0.1, 0.15) is 24.1 Å². The average Bonchev–Trinajstić information content (AvgIpc) is 3.28. The molecule has 1 saturated heterocycles. The summed E-state index contributed by atoms with van der Waals surface area (Å²) < 4.78 is 42.5. The molecule has 0 bridgehead atoms. The first-order valence-corrected chi connectivity index (χ1v) is 8.53. The minimum atomic E-state index is -4.56. The highest BCUT2D eigenvalue weighted by atomic mass is 19.4. The smallest absolute Gasteiger partial charge is 0.385 e. The van der Waals surface area contributed by atoms with Crippen LogP contribution in [0.15, 0.2) is 24.8 Å². The number of anilines is 1. The number of aryl methyl sites for hydroxylation is 1. The Morgan fingerprint density at radius 2 is 1.96 bits per heavy atom. The molecule has 27 heavy (non-hydrogen) atoms. The fourth-order valence-electron chi connectivity index (χ4n) is 3.48. The zero-order valence-electron chi connectivity index (χ0n) is 14.5. The van der Waals surface area contributed by atoms with Crippen LogP contribution in [0.1, 0.15) is 30.5 Å². The molecule has 0 aromatic carbocycles. The van der Waals surface area contributed by atoms with E-state index in [0.29, 0.717) is 37.6 Å². The van der Waals surface area contributed by atoms with Crippen LogP contribution in [0.3, 0.4) is 0 Å². The van der Waals surface area contributed by atoms with Crippen LogP contribution in [0.5, 0.6) is 0 Å². The van der Waals surface area contributed by atoms with E-state index in [0.717, 1.165) is 6.07 Å². The fourth-order valence-corrected chi connectivity index (χ4v) is 3.48. The van der Waals surface area contributed by atoms with Crippen molar-refractivity contribution in [2.24, 2.45) is 13.0 Å². The normalized spacial score (nSPS) is 17.6. The van der Waals surface area contributed by atoms with Crippen molar-refractivity contribution in [1.29, 1.82) is 0 Å². The van der Waals surface area contributed by atoms with Crippen LogP contribution in [0.4, 0.5) is 19.0 Å². The van der Waals surface area contributed by atoms with Crippen molar-refractivity contribution in [3.05, 3.63) is 36.3 Å². The molecule has 1 N–H and O–H groups in total. The van der Waals surface area contributed by atoms with Crippen LogP contribution in [0, 0.1) is 5.92 Å². The van der Waals surface area contributed by atoms with Crippen LogP contribution in [-0.2, 0) is 13.2 Å². The second kappa shape index (κ2) is 6.48. The average molecular weight is 381 g/mol. The van der Waals surface area contributed by atoms with Crippen LogP contribution >= 0.6 is 0 Å². The lowest BCUT2D eigenvalue weighted by Gasteiger charge is -2.35. The summed E-state index contributed by atoms with van der Waals surface area (Å²) in [4.78, 5) is 13.3. The fraction of sp³-hybridized carbons (Fsp3) is 0.500. The number of hydrogen-bond acceptors (Lipinski definition) is 6. The van der Waals surface area contributed by atoms with Crippen LogP contribution in [0.25, 0.3) is 5.78 Å². The molecular formula is C16H18F3N7O. The van der Waals surface area contributed by atoms with Crippen molar-refractivity contribution < 1.29 is 18.3 Å². The number of fused-ring (bicyclic) bond motifs is 1. The summed E-state index contributed by atoms with van der Waals surface area (Å²) >= 11 is 0. The predicted molar refractivity (Wildman–Crippen MR) is 88.9 cm³/mol. The van der Waals surface area contributed by atoms with Crippen LogP contribution in [0.2, 0.25) is 0 Å². The molecule has 11 heteroatoms. The number of piperidine rings is 1. The lowest BCUT2D eigenvalue weighted by atomic mass is 9.90. The van der Waals surface area contributed by atoms with Gasteiger partial charge in [-0.15, -0.1) is 0 Å². The van der Waals surface area contributed by atoms with Crippen molar-refractivity contribution in [2.75, 3.05) is 18.0 Å². The SMILES string of the molecule is Cn1ccnc1C(O)C1CCN(c2cc(C(F)(F)F)nc3ncnn23)CC1. The van der Waals surface area contributed by atoms with Crippen molar-refractivity contribution in [3.63, 3.8) is 0 Å². The van der Waals surface area contributed by atoms with Gasteiger partial charge < -0.3 is 14.6 Å². The number of alkyl halides is 3. The first-order chi connectivity index (χ1) is 12.8. The Kier molecular flexibility index (Phi) is 4.25. The Labute approximate surface area is 152 Å². The number of hydrogen-bond donors (Lipinski definition) is 1. The zero-order chi connectivity index (χ0) is 19.2. The quantitative estimate of drug-likeness (QED) is 0.745. The van der Waals surface area contributed by atoms with Gasteiger partial charge in [0.25, 0.3) is 5.78 Å². The molecule has 4 rings (SSSR count). The van der Waals surface area contributed by atoms with Gasteiger partial charge in [0.2, 0.25) is 0 Å². The Balaban J connectivity index is 1.56. The Morgan fingerprint density at radius 3 is 2.59 bits per heavy atom. The lowest BCUT2D eigenvalue weighted by Crippen LogP contribution is -2.37. The predicted octanol–water partition coefficient (Wildman–Crippen LogP) is 1.83. The number of rotatable bonds is 3. The van der Waals surface area contributed by atoms with Gasteiger partial charge in [0.15, 0.2) is 5.69 Å². The first kappa shape index (κ1) is 17.7. The molecule has 1 aliphatic rings. The summed E-state index contributed by atoms with van der Waals surface area (Å²) in [5, 5.41) is 14.6. The molecule has 0 radical (unpaired) electrons. The van der Waals surface area contributed by atoms with Gasteiger partial charge in [-0.05, 0) is 18.8 Å². The number of aromatic nitrogens is 6. The standard InChI is InChI=1S/C16H18F3N7O/c1-24-7-4-20-14(24)13(27)10-2-5-25(6-3-10)12-8-11(16(17,18)19)23-15-21-9-22-26(12)15/h4,7-10,13,27H,2-3,5-6H2,1H3. The van der Waals surface area contributed by atoms with Gasteiger partial charge in [-0.1, -0.05) is 0 Å². The van der Waals surface area contributed by atoms with Crippen LogP contribution in [-0.4, -0.2) is 47.3 Å². The van der Waals surface area contributed by atoms with Crippen LogP contribution < -0.4 is 4.90 Å². The Hall–Kier alpha value is -2.69. The number of aliphatic hydroxyl groups excluding tert-OH is 1. The van der Waals surface area contributed by atoms with Gasteiger partial charge in [-0.25, -0.2) is 9.97 Å². The highest BCUT2D eigenvalue weighted by Crippen LogP contribution is 2.34. The van der Waals surface area contributed by atoms with Crippen molar-refractivity contribution in [3.8, 4) is 0 Å². The second-order valence-corrected chi connectivity index (χ2v) is 6.63. The Bertz CT molecular complexity index is 943. The largest absolute Gasteiger partial charge is 0.433 e. The summed E-state index contributed by atoms with van der Waals surface area (Å²) in [7, 11) is 1.82. The molecule has 0 amide bonds. The highest BCUT2D eigenvalue weighted by Gasteiger charge is 2.35. The molecular weight excluding hydrogens is 363 g/mol. The molecule has 1 fully saturated rings. The monoisotopic (exact) mass is 381 g/mol. The molecule has 0 aliphatic carbocycles. The molecule has 1 unspecified atom stereocenters. The number of nitrogens with zero attached hydrogens (tertiary/aromatic N) is 7. The van der Waals surface area contributed by atoms with Gasteiger partial charge in [-0.2, -0.15) is 27.8 Å². The van der Waals surface area contributed by atoms with E-state index in [9.17, 15) is 18.3 Å². The van der Waals surface area contributed by atoms with Gasteiger partial charge in [-0.3, -0.25) is 0 Å². The first-order valence-electron chi connectivity index (χ1n) is 8.53. The van der Waals surface area contributed by atoms with Gasteiger partial charge in [0, 0.05) is 38.6 Å². The topological polar surface area (TPSA) is 84.4 Å². The van der Waals surface area contributed by atoms with Crippen molar-refractivity contribution in [2.45, 2.75) is 25.1 Å². The molecule has 3 aromatic heterocycles. The van der Waals surface area contributed by atoms with E-state index in [2.05, 4.69) is 20.1 Å². The third-order valence-corrected chi connectivity index (χ3v) is 4.96. The third kappa shape index (κ3) is 3.22. The Morgan fingerprint density at radius 1 is 1.22 bits per heavy atom. The minimum absolute atomic E-state index is 0.0162. The molecule has 3 aromatic rings. The summed E-state index contributed by atoms with van der Waals surface area (Å²) in [6.07, 6.45) is 0.553. The maximum atomic E-state index is 13.2. The maximum Gasteiger partial charge on any atom is 0.433 e. The molecule has 0 spiro atoms. The number of halogens is 3. The highest BCUT2D eigenvalue weighted by molar-refractivity contribution is 5.48. The second-order valence-electron chi connectivity index (χ2n) is 6.63. The zero-order valence-corrected chi connectivity index (χ0v) is 14.5. The molecule has 8 nitrogen and oxygen atoms in total. The van der Waals surface area contributed by atoms with Crippen molar-refractivity contribution in [1.82, 2.24) is 29.1 Å². The number of aliphatic hydroxyl groups is 1. The van der Waals surface area contributed by atoms with E-state index in [1.54, 1.807) is 17.0 Å². The van der Waals surface area contributed by atoms with Gasteiger partial charge >= 0.3 is 6.18 Å². The lowest BCUT2D eigenvalue weighted by molar-refractivity contribution is -0.141. The van der Waals surface area contributed by atoms with Gasteiger partial charge in [0.05, 0.1) is 0 Å². The maximum absolute atomic E-state index is 13.2. The minimum Gasteiger partial charge on any atom is -0.385 e. The molecule has 144 valence electrons. The van der Waals surface area contributed by atoms with E-state index in [-0.39, 0.29) is 11.7 Å². The third-order valence-electron chi connectivity index (χ3n) is 4.96. The van der Waals surface area contributed by atoms with Crippen molar-refractivity contribution >= 4 is 11.6 Å². The molecule has 1 atom stereocenters. The molecule has 1 aliphatic heterocycles.